The van der Waals surface area contributed by atoms with E-state index >= 15 is 0 Å². The number of nitrogens with one attached hydrogen (secondary N) is 1. The molecule has 0 radical (unpaired) electrons. The first-order valence-corrected chi connectivity index (χ1v) is 5.69. The average Bonchev–Trinajstić information content (AvgIpc) is 2.76. The maximum Gasteiger partial charge on any atom is 0.253 e. The average molecular weight is 266 g/mol. The molecule has 0 aliphatic rings. The Kier molecular flexibility index (Phi) is 3.53. The Morgan fingerprint density at radius 1 is 1.56 bits per heavy atom. The van der Waals surface area contributed by atoms with Crippen LogP contribution in [0.25, 0.3) is 0 Å². The Hall–Kier alpha value is -2.01. The van der Waals surface area contributed by atoms with Gasteiger partial charge < -0.3 is 15.5 Å². The molecule has 0 spiro atoms. The number of halogens is 1. The van der Waals surface area contributed by atoms with Gasteiger partial charge >= 0.3 is 0 Å². The molecule has 18 heavy (non-hydrogen) atoms. The summed E-state index contributed by atoms with van der Waals surface area (Å²) in [5.41, 5.74) is 6.33. The van der Waals surface area contributed by atoms with Gasteiger partial charge in [-0.3, -0.25) is 4.79 Å². The lowest BCUT2D eigenvalue weighted by Crippen LogP contribution is -2.24. The van der Waals surface area contributed by atoms with E-state index in [2.05, 4.69) is 10.3 Å². The van der Waals surface area contributed by atoms with Gasteiger partial charge in [0.25, 0.3) is 5.91 Å². The number of hydrogen-bond donors (Lipinski definition) is 2. The van der Waals surface area contributed by atoms with Crippen LogP contribution in [0, 0.1) is 6.92 Å². The molecule has 0 bridgehead atoms. The summed E-state index contributed by atoms with van der Waals surface area (Å²) in [6.45, 7) is 1.99. The lowest BCUT2D eigenvalue weighted by molar-refractivity contribution is 0.0948. The number of nitrogens with two attached hydrogens (primary N) is 1. The first kappa shape index (κ1) is 12.4. The van der Waals surface area contributed by atoms with E-state index in [-0.39, 0.29) is 18.1 Å². The lowest BCUT2D eigenvalue weighted by atomic mass is 10.1. The summed E-state index contributed by atoms with van der Waals surface area (Å²) in [6.07, 6.45) is 1.59. The number of aromatic nitrogens is 1. The van der Waals surface area contributed by atoms with Gasteiger partial charge in [0.1, 0.15) is 5.76 Å². The molecule has 1 aromatic heterocycles. The first-order chi connectivity index (χ1) is 8.58. The van der Waals surface area contributed by atoms with Crippen molar-refractivity contribution in [3.05, 3.63) is 46.6 Å². The summed E-state index contributed by atoms with van der Waals surface area (Å²) in [5, 5.41) is 3.02. The maximum absolute atomic E-state index is 11.9. The predicted octanol–water partition coefficient (Wildman–Crippen LogP) is 2.15. The van der Waals surface area contributed by atoms with Crippen molar-refractivity contribution in [2.24, 2.45) is 0 Å². The van der Waals surface area contributed by atoms with Crippen LogP contribution in [0.1, 0.15) is 22.0 Å². The third-order valence-corrected chi connectivity index (χ3v) is 2.70. The number of nitrogen functional groups attached to an aromatic ring is 1. The molecule has 94 valence electrons. The number of carbonyl (C=O) groups is 1. The molecular weight excluding hydrogens is 254 g/mol. The van der Waals surface area contributed by atoms with E-state index < -0.39 is 0 Å². The van der Waals surface area contributed by atoms with Crippen LogP contribution in [-0.2, 0) is 6.54 Å². The van der Waals surface area contributed by atoms with Gasteiger partial charge in [-0.15, -0.1) is 0 Å². The van der Waals surface area contributed by atoms with Crippen molar-refractivity contribution in [2.75, 3.05) is 5.73 Å². The fourth-order valence-electron chi connectivity index (χ4n) is 1.47. The molecule has 3 N–H and O–H groups in total. The maximum atomic E-state index is 11.9. The zero-order valence-electron chi connectivity index (χ0n) is 9.74. The molecule has 0 saturated heterocycles. The zero-order chi connectivity index (χ0) is 13.1. The Bertz CT molecular complexity index is 580. The van der Waals surface area contributed by atoms with E-state index in [9.17, 15) is 4.79 Å². The zero-order valence-corrected chi connectivity index (χ0v) is 10.5. The largest absolute Gasteiger partial charge is 0.444 e. The van der Waals surface area contributed by atoms with Gasteiger partial charge in [0.15, 0.2) is 0 Å². The number of oxazole rings is 1. The quantitative estimate of drug-likeness (QED) is 0.833. The number of benzene rings is 1. The molecule has 0 saturated carbocycles. The first-order valence-electron chi connectivity index (χ1n) is 5.31. The number of carbonyl (C=O) groups excluding carboxylic acids is 1. The number of rotatable bonds is 3. The second-order valence-corrected chi connectivity index (χ2v) is 4.16. The monoisotopic (exact) mass is 265 g/mol. The molecule has 0 aliphatic carbocycles. The molecule has 2 aromatic rings. The second-order valence-electron chi connectivity index (χ2n) is 3.75. The van der Waals surface area contributed by atoms with E-state index in [1.54, 1.807) is 31.3 Å². The van der Waals surface area contributed by atoms with Crippen molar-refractivity contribution in [2.45, 2.75) is 13.5 Å². The Morgan fingerprint density at radius 3 is 3.00 bits per heavy atom. The molecular formula is C12H12ClN3O2. The number of aryl methyl sites for hydroxylation is 1. The third kappa shape index (κ3) is 2.62. The smallest absolute Gasteiger partial charge is 0.253 e. The van der Waals surface area contributed by atoms with E-state index in [1.165, 1.54) is 0 Å². The molecule has 5 nitrogen and oxygen atoms in total. The predicted molar refractivity (Wildman–Crippen MR) is 68.3 cm³/mol. The number of anilines is 1. The minimum Gasteiger partial charge on any atom is -0.444 e. The molecule has 1 heterocycles. The van der Waals surface area contributed by atoms with E-state index in [4.69, 9.17) is 21.8 Å². The summed E-state index contributed by atoms with van der Waals surface area (Å²) < 4.78 is 5.24. The SMILES string of the molecule is Cc1cnc(CNC(=O)c2cccc(Cl)c2N)o1. The molecule has 0 unspecified atom stereocenters. The van der Waals surface area contributed by atoms with Crippen LogP contribution < -0.4 is 11.1 Å². The highest BCUT2D eigenvalue weighted by Crippen LogP contribution is 2.22. The lowest BCUT2D eigenvalue weighted by Gasteiger charge is -2.06. The number of para-hydroxylation sites is 1. The van der Waals surface area contributed by atoms with Crippen molar-refractivity contribution >= 4 is 23.2 Å². The van der Waals surface area contributed by atoms with Crippen LogP contribution >= 0.6 is 11.6 Å². The summed E-state index contributed by atoms with van der Waals surface area (Å²) in [4.78, 5) is 15.9. The van der Waals surface area contributed by atoms with Gasteiger partial charge in [0, 0.05) is 0 Å². The van der Waals surface area contributed by atoms with Crippen LogP contribution in [0.4, 0.5) is 5.69 Å². The van der Waals surface area contributed by atoms with Crippen molar-refractivity contribution < 1.29 is 9.21 Å². The fourth-order valence-corrected chi connectivity index (χ4v) is 1.64. The van der Waals surface area contributed by atoms with Gasteiger partial charge in [-0.25, -0.2) is 4.98 Å². The van der Waals surface area contributed by atoms with Crippen molar-refractivity contribution in [1.29, 1.82) is 0 Å². The summed E-state index contributed by atoms with van der Waals surface area (Å²) in [5.74, 6) is 0.828. The molecule has 0 fully saturated rings. The van der Waals surface area contributed by atoms with E-state index in [1.807, 2.05) is 0 Å². The highest BCUT2D eigenvalue weighted by atomic mass is 35.5. The normalized spacial score (nSPS) is 10.3. The summed E-state index contributed by atoms with van der Waals surface area (Å²) in [7, 11) is 0. The van der Waals surface area contributed by atoms with Gasteiger partial charge in [-0.1, -0.05) is 17.7 Å². The molecule has 6 heteroatoms. The molecule has 1 amide bonds. The summed E-state index contributed by atoms with van der Waals surface area (Å²) >= 11 is 5.84. The molecule has 0 aliphatic heterocycles. The van der Waals surface area contributed by atoms with Crippen LogP contribution in [0.5, 0.6) is 0 Å². The number of hydrogen-bond acceptors (Lipinski definition) is 4. The van der Waals surface area contributed by atoms with E-state index in [0.29, 0.717) is 22.2 Å². The van der Waals surface area contributed by atoms with Crippen molar-refractivity contribution in [1.82, 2.24) is 10.3 Å². The second kappa shape index (κ2) is 5.10. The Morgan fingerprint density at radius 2 is 2.33 bits per heavy atom. The van der Waals surface area contributed by atoms with Crippen LogP contribution in [-0.4, -0.2) is 10.9 Å². The molecule has 1 aromatic carbocycles. The van der Waals surface area contributed by atoms with Crippen molar-refractivity contribution in [3.8, 4) is 0 Å². The van der Waals surface area contributed by atoms with Gasteiger partial charge in [-0.05, 0) is 19.1 Å². The minimum absolute atomic E-state index is 0.207. The Balaban J connectivity index is 2.06. The Labute approximate surface area is 109 Å². The van der Waals surface area contributed by atoms with E-state index in [0.717, 1.165) is 0 Å². The third-order valence-electron chi connectivity index (χ3n) is 2.37. The fraction of sp³-hybridized carbons (Fsp3) is 0.167. The highest BCUT2D eigenvalue weighted by Gasteiger charge is 2.12. The number of amides is 1. The van der Waals surface area contributed by atoms with Gasteiger partial charge in [0.05, 0.1) is 29.0 Å². The van der Waals surface area contributed by atoms with Crippen LogP contribution in [0.15, 0.2) is 28.8 Å². The van der Waals surface area contributed by atoms with Crippen LogP contribution in [0.3, 0.4) is 0 Å². The minimum atomic E-state index is -0.314. The summed E-state index contributed by atoms with van der Waals surface area (Å²) in [6, 6.07) is 4.91. The van der Waals surface area contributed by atoms with Crippen molar-refractivity contribution in [3.63, 3.8) is 0 Å². The highest BCUT2D eigenvalue weighted by molar-refractivity contribution is 6.33. The van der Waals surface area contributed by atoms with Gasteiger partial charge in [-0.2, -0.15) is 0 Å². The van der Waals surface area contributed by atoms with Crippen LogP contribution in [0.2, 0.25) is 5.02 Å². The topological polar surface area (TPSA) is 81.2 Å². The number of nitrogens with zero attached hydrogens (tertiary/aromatic N) is 1. The van der Waals surface area contributed by atoms with Gasteiger partial charge in [0.2, 0.25) is 5.89 Å². The standard InChI is InChI=1S/C12H12ClN3O2/c1-7-5-15-10(18-7)6-16-12(17)8-3-2-4-9(13)11(8)14/h2-5H,6,14H2,1H3,(H,16,17). The molecule has 2 rings (SSSR count). The molecule has 0 atom stereocenters.